The maximum absolute atomic E-state index is 12.2. The van der Waals surface area contributed by atoms with E-state index in [0.29, 0.717) is 29.8 Å². The third-order valence-electron chi connectivity index (χ3n) is 3.64. The Balaban J connectivity index is 1.79. The van der Waals surface area contributed by atoms with E-state index < -0.39 is 0 Å². The van der Waals surface area contributed by atoms with Crippen LogP contribution in [0.1, 0.15) is 54.8 Å². The molecule has 0 fully saturated rings. The highest BCUT2D eigenvalue weighted by molar-refractivity contribution is 8.00. The highest BCUT2D eigenvalue weighted by Crippen LogP contribution is 2.23. The SMILES string of the molecule is CC(SCCCN1C(=O)c2ccccc2C1=O)C(=O)NC(C)(C)C. The number of hydrogen-bond acceptors (Lipinski definition) is 4. The fourth-order valence-corrected chi connectivity index (χ4v) is 3.33. The minimum atomic E-state index is -0.244. The number of carbonyl (C=O) groups is 3. The lowest BCUT2D eigenvalue weighted by Gasteiger charge is -2.23. The van der Waals surface area contributed by atoms with Crippen molar-refractivity contribution in [3.8, 4) is 0 Å². The zero-order valence-corrected chi connectivity index (χ0v) is 15.4. The average Bonchev–Trinajstić information content (AvgIpc) is 2.74. The standard InChI is InChI=1S/C18H24N2O3S/c1-12(15(21)19-18(2,3)4)24-11-7-10-20-16(22)13-8-5-6-9-14(13)17(20)23/h5-6,8-9,12H,7,10-11H2,1-4H3,(H,19,21). The van der Waals surface area contributed by atoms with Gasteiger partial charge in [-0.05, 0) is 52.0 Å². The molecular weight excluding hydrogens is 324 g/mol. The van der Waals surface area contributed by atoms with E-state index >= 15 is 0 Å². The van der Waals surface area contributed by atoms with E-state index in [2.05, 4.69) is 5.32 Å². The minimum absolute atomic E-state index is 0.00762. The van der Waals surface area contributed by atoms with Crippen LogP contribution in [-0.4, -0.2) is 45.7 Å². The van der Waals surface area contributed by atoms with Crippen LogP contribution in [0.25, 0.3) is 0 Å². The second-order valence-corrected chi connectivity index (χ2v) is 8.36. The molecule has 2 rings (SSSR count). The summed E-state index contributed by atoms with van der Waals surface area (Å²) >= 11 is 1.53. The zero-order valence-electron chi connectivity index (χ0n) is 14.6. The summed E-state index contributed by atoms with van der Waals surface area (Å²) in [5.41, 5.74) is 0.715. The number of thioether (sulfide) groups is 1. The van der Waals surface area contributed by atoms with Crippen LogP contribution in [0.2, 0.25) is 0 Å². The monoisotopic (exact) mass is 348 g/mol. The minimum Gasteiger partial charge on any atom is -0.351 e. The van der Waals surface area contributed by atoms with Gasteiger partial charge < -0.3 is 5.32 Å². The van der Waals surface area contributed by atoms with Crippen LogP contribution in [0.3, 0.4) is 0 Å². The average molecular weight is 348 g/mol. The number of carbonyl (C=O) groups excluding carboxylic acids is 3. The molecule has 1 heterocycles. The van der Waals surface area contributed by atoms with Gasteiger partial charge >= 0.3 is 0 Å². The predicted molar refractivity (Wildman–Crippen MR) is 96.2 cm³/mol. The molecule has 3 amide bonds. The summed E-state index contributed by atoms with van der Waals surface area (Å²) in [4.78, 5) is 37.8. The van der Waals surface area contributed by atoms with Crippen molar-refractivity contribution in [1.29, 1.82) is 0 Å². The van der Waals surface area contributed by atoms with Gasteiger partial charge in [0.25, 0.3) is 11.8 Å². The summed E-state index contributed by atoms with van der Waals surface area (Å²) in [7, 11) is 0. The Morgan fingerprint density at radius 1 is 1.17 bits per heavy atom. The van der Waals surface area contributed by atoms with E-state index in [1.807, 2.05) is 27.7 Å². The third-order valence-corrected chi connectivity index (χ3v) is 4.88. The fourth-order valence-electron chi connectivity index (χ4n) is 2.47. The Kier molecular flexibility index (Phi) is 5.70. The maximum Gasteiger partial charge on any atom is 0.261 e. The lowest BCUT2D eigenvalue weighted by Crippen LogP contribution is -2.44. The molecule has 0 radical (unpaired) electrons. The van der Waals surface area contributed by atoms with Crippen LogP contribution in [-0.2, 0) is 4.79 Å². The van der Waals surface area contributed by atoms with Crippen LogP contribution in [0.15, 0.2) is 24.3 Å². The molecule has 5 nitrogen and oxygen atoms in total. The van der Waals surface area contributed by atoms with Crippen molar-refractivity contribution in [1.82, 2.24) is 10.2 Å². The third kappa shape index (κ3) is 4.38. The van der Waals surface area contributed by atoms with Gasteiger partial charge in [0, 0.05) is 12.1 Å². The normalized spacial score (nSPS) is 15.4. The topological polar surface area (TPSA) is 66.5 Å². The molecule has 1 unspecified atom stereocenters. The Bertz CT molecular complexity index is 617. The van der Waals surface area contributed by atoms with Crippen molar-refractivity contribution >= 4 is 29.5 Å². The van der Waals surface area contributed by atoms with Crippen molar-refractivity contribution in [2.45, 2.75) is 44.9 Å². The summed E-state index contributed by atoms with van der Waals surface area (Å²) in [6.07, 6.45) is 0.670. The summed E-state index contributed by atoms with van der Waals surface area (Å²) in [6.45, 7) is 8.10. The number of rotatable bonds is 6. The van der Waals surface area contributed by atoms with E-state index in [1.165, 1.54) is 16.7 Å². The van der Waals surface area contributed by atoms with Crippen LogP contribution in [0.5, 0.6) is 0 Å². The van der Waals surface area contributed by atoms with Gasteiger partial charge in [-0.1, -0.05) is 12.1 Å². The first-order valence-electron chi connectivity index (χ1n) is 8.09. The molecule has 0 aliphatic carbocycles. The Morgan fingerprint density at radius 2 is 1.71 bits per heavy atom. The summed E-state index contributed by atoms with van der Waals surface area (Å²) < 4.78 is 0. The van der Waals surface area contributed by atoms with E-state index in [9.17, 15) is 14.4 Å². The van der Waals surface area contributed by atoms with Crippen molar-refractivity contribution in [3.05, 3.63) is 35.4 Å². The molecule has 1 N–H and O–H groups in total. The molecule has 1 aromatic rings. The predicted octanol–water partition coefficient (Wildman–Crippen LogP) is 2.71. The van der Waals surface area contributed by atoms with E-state index in [4.69, 9.17) is 0 Å². The quantitative estimate of drug-likeness (QED) is 0.634. The van der Waals surface area contributed by atoms with Gasteiger partial charge in [-0.15, -0.1) is 11.8 Å². The molecule has 0 saturated carbocycles. The van der Waals surface area contributed by atoms with Gasteiger partial charge in [0.05, 0.1) is 16.4 Å². The molecular formula is C18H24N2O3S. The first-order valence-corrected chi connectivity index (χ1v) is 9.14. The van der Waals surface area contributed by atoms with E-state index in [1.54, 1.807) is 24.3 Å². The van der Waals surface area contributed by atoms with Gasteiger partial charge in [0.2, 0.25) is 5.91 Å². The number of imide groups is 1. The molecule has 1 atom stereocenters. The van der Waals surface area contributed by atoms with Crippen molar-refractivity contribution in [2.75, 3.05) is 12.3 Å². The van der Waals surface area contributed by atoms with Gasteiger partial charge in [0.15, 0.2) is 0 Å². The molecule has 6 heteroatoms. The maximum atomic E-state index is 12.2. The van der Waals surface area contributed by atoms with Gasteiger partial charge in [-0.25, -0.2) is 0 Å². The Hall–Kier alpha value is -1.82. The second-order valence-electron chi connectivity index (χ2n) is 6.91. The van der Waals surface area contributed by atoms with Crippen molar-refractivity contribution in [3.63, 3.8) is 0 Å². The number of nitrogens with one attached hydrogen (secondary N) is 1. The van der Waals surface area contributed by atoms with Crippen molar-refractivity contribution in [2.24, 2.45) is 0 Å². The number of hydrogen-bond donors (Lipinski definition) is 1. The van der Waals surface area contributed by atoms with Crippen LogP contribution < -0.4 is 5.32 Å². The smallest absolute Gasteiger partial charge is 0.261 e. The highest BCUT2D eigenvalue weighted by Gasteiger charge is 2.34. The fraction of sp³-hybridized carbons (Fsp3) is 0.500. The number of fused-ring (bicyclic) bond motifs is 1. The summed E-state index contributed by atoms with van der Waals surface area (Å²) in [5.74, 6) is 0.276. The van der Waals surface area contributed by atoms with Gasteiger partial charge in [0.1, 0.15) is 0 Å². The molecule has 0 aromatic heterocycles. The van der Waals surface area contributed by atoms with E-state index in [-0.39, 0.29) is 28.5 Å². The van der Waals surface area contributed by atoms with E-state index in [0.717, 1.165) is 0 Å². The first kappa shape index (κ1) is 18.5. The molecule has 1 aliphatic heterocycles. The molecule has 0 saturated heterocycles. The molecule has 0 bridgehead atoms. The summed E-state index contributed by atoms with van der Waals surface area (Å²) in [6, 6.07) is 6.89. The lowest BCUT2D eigenvalue weighted by molar-refractivity contribution is -0.121. The van der Waals surface area contributed by atoms with Crippen molar-refractivity contribution < 1.29 is 14.4 Å². The Labute approximate surface area is 147 Å². The second kappa shape index (κ2) is 7.38. The Morgan fingerprint density at radius 3 is 2.21 bits per heavy atom. The largest absolute Gasteiger partial charge is 0.351 e. The van der Waals surface area contributed by atoms with Crippen LogP contribution in [0, 0.1) is 0 Å². The molecule has 1 aliphatic rings. The lowest BCUT2D eigenvalue weighted by atomic mass is 10.1. The van der Waals surface area contributed by atoms with Gasteiger partial charge in [-0.3, -0.25) is 19.3 Å². The number of nitrogens with zero attached hydrogens (tertiary/aromatic N) is 1. The zero-order chi connectivity index (χ0) is 17.9. The number of amides is 3. The molecule has 130 valence electrons. The number of benzene rings is 1. The molecule has 24 heavy (non-hydrogen) atoms. The highest BCUT2D eigenvalue weighted by atomic mass is 32.2. The van der Waals surface area contributed by atoms with Crippen LogP contribution >= 0.6 is 11.8 Å². The molecule has 0 spiro atoms. The summed E-state index contributed by atoms with van der Waals surface area (Å²) in [5, 5.41) is 2.79. The first-order chi connectivity index (χ1) is 11.2. The molecule has 1 aromatic carbocycles. The van der Waals surface area contributed by atoms with Gasteiger partial charge in [-0.2, -0.15) is 0 Å². The van der Waals surface area contributed by atoms with Crippen LogP contribution in [0.4, 0.5) is 0 Å².